The van der Waals surface area contributed by atoms with E-state index in [1.54, 1.807) is 0 Å². The number of carbonyl (C=O) groups is 1. The van der Waals surface area contributed by atoms with E-state index in [1.807, 2.05) is 0 Å². The van der Waals surface area contributed by atoms with Gasteiger partial charge in [0.25, 0.3) is 5.91 Å². The molecule has 4 nitrogen and oxygen atoms in total. The van der Waals surface area contributed by atoms with Gasteiger partial charge in [0, 0.05) is 24.9 Å². The van der Waals surface area contributed by atoms with Crippen molar-refractivity contribution in [2.75, 3.05) is 6.54 Å². The van der Waals surface area contributed by atoms with Gasteiger partial charge in [0.15, 0.2) is 5.43 Å². The molecule has 0 aliphatic heterocycles. The molecular weight excluding hydrogens is 192 g/mol. The van der Waals surface area contributed by atoms with E-state index in [9.17, 15) is 9.59 Å². The van der Waals surface area contributed by atoms with Crippen molar-refractivity contribution in [3.05, 3.63) is 34.2 Å². The van der Waals surface area contributed by atoms with Crippen LogP contribution in [0.4, 0.5) is 0 Å². The van der Waals surface area contributed by atoms with Gasteiger partial charge in [-0.1, -0.05) is 13.8 Å². The molecule has 4 heteroatoms. The van der Waals surface area contributed by atoms with Crippen LogP contribution in [0.1, 0.15) is 30.8 Å². The molecule has 0 aliphatic carbocycles. The maximum atomic E-state index is 11.5. The summed E-state index contributed by atoms with van der Waals surface area (Å²) < 4.78 is 0. The number of hydrogen-bond donors (Lipinski definition) is 2. The molecule has 1 aromatic rings. The first kappa shape index (κ1) is 11.5. The van der Waals surface area contributed by atoms with Crippen LogP contribution < -0.4 is 10.7 Å². The zero-order valence-electron chi connectivity index (χ0n) is 9.04. The van der Waals surface area contributed by atoms with E-state index < -0.39 is 0 Å². The van der Waals surface area contributed by atoms with Gasteiger partial charge in [-0.25, -0.2) is 0 Å². The van der Waals surface area contributed by atoms with Crippen LogP contribution in [-0.4, -0.2) is 17.4 Å². The summed E-state index contributed by atoms with van der Waals surface area (Å²) in [4.78, 5) is 25.2. The second kappa shape index (κ2) is 5.34. The van der Waals surface area contributed by atoms with Gasteiger partial charge in [-0.2, -0.15) is 0 Å². The standard InChI is InChI=1S/C11H16N2O2/c1-8(2)3-5-13-11(15)10-7-9(14)4-6-12-10/h4,6-8H,3,5H2,1-2H3,(H,12,14)(H,13,15). The van der Waals surface area contributed by atoms with Crippen molar-refractivity contribution in [2.24, 2.45) is 5.92 Å². The molecule has 0 bridgehead atoms. The third-order valence-electron chi connectivity index (χ3n) is 2.02. The van der Waals surface area contributed by atoms with E-state index in [4.69, 9.17) is 0 Å². The van der Waals surface area contributed by atoms with Gasteiger partial charge in [-0.05, 0) is 12.3 Å². The smallest absolute Gasteiger partial charge is 0.267 e. The summed E-state index contributed by atoms with van der Waals surface area (Å²) in [7, 11) is 0. The molecule has 1 rings (SSSR count). The second-order valence-corrected chi connectivity index (χ2v) is 3.88. The van der Waals surface area contributed by atoms with Crippen LogP contribution in [-0.2, 0) is 0 Å². The molecule has 0 aliphatic rings. The van der Waals surface area contributed by atoms with E-state index in [0.29, 0.717) is 18.2 Å². The van der Waals surface area contributed by atoms with Crippen molar-refractivity contribution < 1.29 is 4.79 Å². The van der Waals surface area contributed by atoms with Gasteiger partial charge in [-0.15, -0.1) is 0 Å². The largest absolute Gasteiger partial charge is 0.357 e. The summed E-state index contributed by atoms with van der Waals surface area (Å²) >= 11 is 0. The minimum Gasteiger partial charge on any atom is -0.357 e. The maximum Gasteiger partial charge on any atom is 0.267 e. The van der Waals surface area contributed by atoms with Crippen molar-refractivity contribution in [1.82, 2.24) is 10.3 Å². The number of H-pyrrole nitrogens is 1. The molecule has 1 heterocycles. The number of aromatic nitrogens is 1. The summed E-state index contributed by atoms with van der Waals surface area (Å²) in [6, 6.07) is 2.68. The predicted molar refractivity (Wildman–Crippen MR) is 58.9 cm³/mol. The van der Waals surface area contributed by atoms with Crippen molar-refractivity contribution in [3.8, 4) is 0 Å². The molecule has 0 aromatic carbocycles. The average molecular weight is 208 g/mol. The normalized spacial score (nSPS) is 10.3. The number of amides is 1. The lowest BCUT2D eigenvalue weighted by atomic mass is 10.1. The predicted octanol–water partition coefficient (Wildman–Crippen LogP) is 1.15. The number of rotatable bonds is 4. The van der Waals surface area contributed by atoms with Gasteiger partial charge < -0.3 is 10.3 Å². The Hall–Kier alpha value is -1.58. The topological polar surface area (TPSA) is 62.0 Å². The van der Waals surface area contributed by atoms with E-state index in [2.05, 4.69) is 24.1 Å². The van der Waals surface area contributed by atoms with Crippen LogP contribution in [0.2, 0.25) is 0 Å². The van der Waals surface area contributed by atoms with Crippen LogP contribution >= 0.6 is 0 Å². The molecule has 0 saturated heterocycles. The number of aromatic amines is 1. The van der Waals surface area contributed by atoms with Gasteiger partial charge in [-0.3, -0.25) is 9.59 Å². The average Bonchev–Trinajstić information content (AvgIpc) is 2.17. The van der Waals surface area contributed by atoms with Gasteiger partial charge >= 0.3 is 0 Å². The van der Waals surface area contributed by atoms with E-state index >= 15 is 0 Å². The third-order valence-corrected chi connectivity index (χ3v) is 2.02. The van der Waals surface area contributed by atoms with Crippen molar-refractivity contribution in [2.45, 2.75) is 20.3 Å². The fraction of sp³-hybridized carbons (Fsp3) is 0.455. The molecule has 82 valence electrons. The highest BCUT2D eigenvalue weighted by molar-refractivity contribution is 5.92. The fourth-order valence-electron chi connectivity index (χ4n) is 1.15. The Bertz CT molecular complexity index is 382. The first-order valence-electron chi connectivity index (χ1n) is 5.06. The highest BCUT2D eigenvalue weighted by Gasteiger charge is 2.05. The molecule has 0 radical (unpaired) electrons. The minimum absolute atomic E-state index is 0.164. The number of carbonyl (C=O) groups excluding carboxylic acids is 1. The van der Waals surface area contributed by atoms with Gasteiger partial charge in [0.1, 0.15) is 5.69 Å². The molecule has 15 heavy (non-hydrogen) atoms. The Morgan fingerprint density at radius 1 is 1.53 bits per heavy atom. The molecule has 1 amide bonds. The Kier molecular flexibility index (Phi) is 4.09. The van der Waals surface area contributed by atoms with Crippen molar-refractivity contribution in [3.63, 3.8) is 0 Å². The molecule has 2 N–H and O–H groups in total. The first-order chi connectivity index (χ1) is 7.09. The second-order valence-electron chi connectivity index (χ2n) is 3.88. The van der Waals surface area contributed by atoms with Crippen molar-refractivity contribution in [1.29, 1.82) is 0 Å². The lowest BCUT2D eigenvalue weighted by molar-refractivity contribution is 0.0947. The fourth-order valence-corrected chi connectivity index (χ4v) is 1.15. The lowest BCUT2D eigenvalue weighted by Gasteiger charge is -2.06. The number of nitrogens with one attached hydrogen (secondary N) is 2. The van der Waals surface area contributed by atoms with Crippen LogP contribution in [0.3, 0.4) is 0 Å². The van der Waals surface area contributed by atoms with Gasteiger partial charge in [0.2, 0.25) is 0 Å². The summed E-state index contributed by atoms with van der Waals surface area (Å²) in [6.45, 7) is 4.82. The van der Waals surface area contributed by atoms with Crippen LogP contribution in [0.5, 0.6) is 0 Å². The van der Waals surface area contributed by atoms with E-state index in [1.165, 1.54) is 18.3 Å². The zero-order chi connectivity index (χ0) is 11.3. The molecule has 0 unspecified atom stereocenters. The van der Waals surface area contributed by atoms with Crippen LogP contribution in [0.15, 0.2) is 23.1 Å². The highest BCUT2D eigenvalue weighted by Crippen LogP contribution is 1.97. The van der Waals surface area contributed by atoms with Crippen LogP contribution in [0, 0.1) is 5.92 Å². The van der Waals surface area contributed by atoms with Crippen molar-refractivity contribution >= 4 is 5.91 Å². The minimum atomic E-state index is -0.228. The Labute approximate surface area is 88.7 Å². The molecule has 0 spiro atoms. The summed E-state index contributed by atoms with van der Waals surface area (Å²) in [5.41, 5.74) is 0.147. The molecule has 0 saturated carbocycles. The quantitative estimate of drug-likeness (QED) is 0.779. The van der Waals surface area contributed by atoms with E-state index in [0.717, 1.165) is 6.42 Å². The Balaban J connectivity index is 2.51. The summed E-state index contributed by atoms with van der Waals surface area (Å²) in [5, 5.41) is 2.75. The Morgan fingerprint density at radius 3 is 2.87 bits per heavy atom. The Morgan fingerprint density at radius 2 is 2.27 bits per heavy atom. The molecule has 0 atom stereocenters. The highest BCUT2D eigenvalue weighted by atomic mass is 16.2. The monoisotopic (exact) mass is 208 g/mol. The van der Waals surface area contributed by atoms with E-state index in [-0.39, 0.29) is 11.3 Å². The molecule has 0 fully saturated rings. The first-order valence-corrected chi connectivity index (χ1v) is 5.06. The lowest BCUT2D eigenvalue weighted by Crippen LogP contribution is -2.27. The summed E-state index contributed by atoms with van der Waals surface area (Å²) in [5.74, 6) is 0.327. The SMILES string of the molecule is CC(C)CCNC(=O)c1cc(=O)cc[nH]1. The number of hydrogen-bond acceptors (Lipinski definition) is 2. The van der Waals surface area contributed by atoms with Gasteiger partial charge in [0.05, 0.1) is 0 Å². The number of pyridine rings is 1. The molecule has 1 aromatic heterocycles. The maximum absolute atomic E-state index is 11.5. The zero-order valence-corrected chi connectivity index (χ0v) is 9.04. The van der Waals surface area contributed by atoms with Crippen LogP contribution in [0.25, 0.3) is 0 Å². The third kappa shape index (κ3) is 3.97. The molecular formula is C11H16N2O2. The summed E-state index contributed by atoms with van der Waals surface area (Å²) in [6.07, 6.45) is 2.41.